The molecule has 0 bridgehead atoms. The molecule has 0 saturated carbocycles. The number of carbonyl (C=O) groups excluding carboxylic acids is 1. The Kier molecular flexibility index (Phi) is 7.08. The first-order valence-electron chi connectivity index (χ1n) is 6.36. The van der Waals surface area contributed by atoms with Gasteiger partial charge in [-0.15, -0.1) is 12.4 Å². The Morgan fingerprint density at radius 2 is 2.21 bits per heavy atom. The molecule has 1 amide bonds. The van der Waals surface area contributed by atoms with Gasteiger partial charge in [0, 0.05) is 17.8 Å². The van der Waals surface area contributed by atoms with Crippen molar-refractivity contribution in [1.82, 2.24) is 15.5 Å². The molecule has 1 aromatic heterocycles. The van der Waals surface area contributed by atoms with Gasteiger partial charge in [-0.25, -0.2) is 0 Å². The predicted octanol–water partition coefficient (Wildman–Crippen LogP) is 1.56. The smallest absolute Gasteiger partial charge is 0.226 e. The number of aromatic amines is 1. The molecule has 0 aliphatic rings. The molecule has 5 nitrogen and oxygen atoms in total. The van der Waals surface area contributed by atoms with Crippen LogP contribution in [0, 0.1) is 12.8 Å². The van der Waals surface area contributed by atoms with Gasteiger partial charge in [-0.1, -0.05) is 13.8 Å². The fourth-order valence-electron chi connectivity index (χ4n) is 2.20. The van der Waals surface area contributed by atoms with Crippen molar-refractivity contribution in [3.8, 4) is 0 Å². The summed E-state index contributed by atoms with van der Waals surface area (Å²) in [5.74, 6) is 0.460. The molecule has 19 heavy (non-hydrogen) atoms. The van der Waals surface area contributed by atoms with Crippen molar-refractivity contribution in [3.05, 3.63) is 17.5 Å². The highest BCUT2D eigenvalue weighted by atomic mass is 35.5. The summed E-state index contributed by atoms with van der Waals surface area (Å²) in [6.07, 6.45) is 1.16. The van der Waals surface area contributed by atoms with Gasteiger partial charge in [0.05, 0.1) is 12.1 Å². The number of aromatic nitrogens is 2. The average molecular weight is 289 g/mol. The van der Waals surface area contributed by atoms with Gasteiger partial charge in [0.25, 0.3) is 0 Å². The van der Waals surface area contributed by atoms with Crippen LogP contribution in [0.4, 0.5) is 0 Å². The third-order valence-corrected chi connectivity index (χ3v) is 2.85. The van der Waals surface area contributed by atoms with Gasteiger partial charge in [-0.05, 0) is 32.3 Å². The number of aryl methyl sites for hydroxylation is 1. The number of nitrogens with two attached hydrogens (primary N) is 1. The van der Waals surface area contributed by atoms with Crippen molar-refractivity contribution in [2.75, 3.05) is 6.54 Å². The fraction of sp³-hybridized carbons (Fsp3) is 0.692. The normalized spacial score (nSPS) is 13.8. The SMILES string of the molecule is Cc1cc(CC(=O)NC(C)(CN)CC(C)C)n[nH]1.Cl. The van der Waals surface area contributed by atoms with E-state index in [-0.39, 0.29) is 30.3 Å². The minimum Gasteiger partial charge on any atom is -0.349 e. The zero-order valence-corrected chi connectivity index (χ0v) is 12.9. The Morgan fingerprint density at radius 3 is 2.63 bits per heavy atom. The first kappa shape index (κ1) is 17.9. The lowest BCUT2D eigenvalue weighted by Gasteiger charge is -2.31. The van der Waals surface area contributed by atoms with Gasteiger partial charge in [-0.3, -0.25) is 9.89 Å². The number of H-pyrrole nitrogens is 1. The molecule has 6 heteroatoms. The minimum absolute atomic E-state index is 0. The van der Waals surface area contributed by atoms with Gasteiger partial charge in [0.2, 0.25) is 5.91 Å². The molecule has 1 aromatic rings. The van der Waals surface area contributed by atoms with Crippen LogP contribution in [0.2, 0.25) is 0 Å². The van der Waals surface area contributed by atoms with Crippen molar-refractivity contribution in [2.45, 2.75) is 46.1 Å². The van der Waals surface area contributed by atoms with E-state index in [0.717, 1.165) is 17.8 Å². The third-order valence-electron chi connectivity index (χ3n) is 2.85. The molecule has 0 fully saturated rings. The van der Waals surface area contributed by atoms with Gasteiger partial charge < -0.3 is 11.1 Å². The van der Waals surface area contributed by atoms with Crippen LogP contribution in [0.3, 0.4) is 0 Å². The van der Waals surface area contributed by atoms with Gasteiger partial charge in [-0.2, -0.15) is 5.10 Å². The van der Waals surface area contributed by atoms with E-state index in [4.69, 9.17) is 5.73 Å². The van der Waals surface area contributed by atoms with Crippen molar-refractivity contribution in [2.24, 2.45) is 11.7 Å². The Morgan fingerprint density at radius 1 is 1.58 bits per heavy atom. The molecule has 1 rings (SSSR count). The zero-order chi connectivity index (χ0) is 13.8. The highest BCUT2D eigenvalue weighted by Crippen LogP contribution is 2.15. The van der Waals surface area contributed by atoms with E-state index in [2.05, 4.69) is 29.4 Å². The Bertz CT molecular complexity index is 405. The van der Waals surface area contributed by atoms with E-state index in [1.54, 1.807) is 0 Å². The molecule has 0 aliphatic heterocycles. The van der Waals surface area contributed by atoms with Crippen LogP contribution in [0.5, 0.6) is 0 Å². The molecule has 4 N–H and O–H groups in total. The van der Waals surface area contributed by atoms with Crippen molar-refractivity contribution in [1.29, 1.82) is 0 Å². The highest BCUT2D eigenvalue weighted by Gasteiger charge is 2.25. The summed E-state index contributed by atoms with van der Waals surface area (Å²) in [5.41, 5.74) is 7.15. The van der Waals surface area contributed by atoms with Crippen LogP contribution in [0.1, 0.15) is 38.6 Å². The third kappa shape index (κ3) is 6.07. The summed E-state index contributed by atoms with van der Waals surface area (Å²) in [5, 5.41) is 9.90. The Labute approximate surface area is 121 Å². The largest absolute Gasteiger partial charge is 0.349 e. The van der Waals surface area contributed by atoms with Crippen LogP contribution >= 0.6 is 12.4 Å². The predicted molar refractivity (Wildman–Crippen MR) is 79.3 cm³/mol. The van der Waals surface area contributed by atoms with Gasteiger partial charge in [0.1, 0.15) is 0 Å². The molecule has 0 saturated heterocycles. The number of rotatable bonds is 6. The Balaban J connectivity index is 0.00000324. The standard InChI is InChI=1S/C13H24N4O.ClH/c1-9(2)7-13(4,8-14)15-12(18)6-11-5-10(3)16-17-11;/h5,9H,6-8,14H2,1-4H3,(H,15,18)(H,16,17);1H. The van der Waals surface area contributed by atoms with E-state index in [1.165, 1.54) is 0 Å². The molecule has 110 valence electrons. The molecule has 0 aromatic carbocycles. The molecule has 1 unspecified atom stereocenters. The van der Waals surface area contributed by atoms with E-state index in [1.807, 2.05) is 19.9 Å². The quantitative estimate of drug-likeness (QED) is 0.743. The molecule has 0 radical (unpaired) electrons. The number of carbonyl (C=O) groups is 1. The number of halogens is 1. The second-order valence-corrected chi connectivity index (χ2v) is 5.63. The maximum Gasteiger partial charge on any atom is 0.226 e. The first-order chi connectivity index (χ1) is 8.34. The first-order valence-corrected chi connectivity index (χ1v) is 6.36. The summed E-state index contributed by atoms with van der Waals surface area (Å²) < 4.78 is 0. The maximum absolute atomic E-state index is 12.0. The van der Waals surface area contributed by atoms with Crippen LogP contribution in [0.15, 0.2) is 6.07 Å². The number of hydrogen-bond acceptors (Lipinski definition) is 3. The van der Waals surface area contributed by atoms with E-state index < -0.39 is 0 Å². The Hall–Kier alpha value is -1.07. The topological polar surface area (TPSA) is 83.8 Å². The molecule has 1 atom stereocenters. The number of nitrogens with zero attached hydrogens (tertiary/aromatic N) is 1. The maximum atomic E-state index is 12.0. The monoisotopic (exact) mass is 288 g/mol. The van der Waals surface area contributed by atoms with Crippen LogP contribution in [-0.4, -0.2) is 28.2 Å². The number of amides is 1. The fourth-order valence-corrected chi connectivity index (χ4v) is 2.20. The summed E-state index contributed by atoms with van der Waals surface area (Å²) in [6, 6.07) is 1.88. The van der Waals surface area contributed by atoms with E-state index >= 15 is 0 Å². The molecular weight excluding hydrogens is 264 g/mol. The summed E-state index contributed by atoms with van der Waals surface area (Å²) in [4.78, 5) is 12.0. The second-order valence-electron chi connectivity index (χ2n) is 5.63. The molecule has 1 heterocycles. The lowest BCUT2D eigenvalue weighted by molar-refractivity contribution is -0.122. The average Bonchev–Trinajstić information content (AvgIpc) is 2.62. The minimum atomic E-state index is -0.337. The summed E-state index contributed by atoms with van der Waals surface area (Å²) in [6.45, 7) is 8.59. The van der Waals surface area contributed by atoms with Crippen molar-refractivity contribution in [3.63, 3.8) is 0 Å². The van der Waals surface area contributed by atoms with Gasteiger partial charge >= 0.3 is 0 Å². The van der Waals surface area contributed by atoms with Gasteiger partial charge in [0.15, 0.2) is 0 Å². The molecule has 0 aliphatic carbocycles. The second kappa shape index (κ2) is 7.50. The lowest BCUT2D eigenvalue weighted by Crippen LogP contribution is -2.52. The molecule has 0 spiro atoms. The number of nitrogens with one attached hydrogen (secondary N) is 2. The van der Waals surface area contributed by atoms with Crippen LogP contribution < -0.4 is 11.1 Å². The van der Waals surface area contributed by atoms with Crippen molar-refractivity contribution >= 4 is 18.3 Å². The summed E-state index contributed by atoms with van der Waals surface area (Å²) in [7, 11) is 0. The highest BCUT2D eigenvalue weighted by molar-refractivity contribution is 5.85. The molecular formula is C13H25ClN4O. The summed E-state index contributed by atoms with van der Waals surface area (Å²) >= 11 is 0. The van der Waals surface area contributed by atoms with Crippen LogP contribution in [0.25, 0.3) is 0 Å². The zero-order valence-electron chi connectivity index (χ0n) is 12.1. The van der Waals surface area contributed by atoms with E-state index in [0.29, 0.717) is 12.5 Å². The van der Waals surface area contributed by atoms with Crippen LogP contribution in [-0.2, 0) is 11.2 Å². The van der Waals surface area contributed by atoms with Crippen molar-refractivity contribution < 1.29 is 4.79 Å². The number of hydrogen-bond donors (Lipinski definition) is 3. The lowest BCUT2D eigenvalue weighted by atomic mass is 9.90. The van der Waals surface area contributed by atoms with E-state index in [9.17, 15) is 4.79 Å².